The maximum Gasteiger partial charge on any atom is 0.339 e. The van der Waals surface area contributed by atoms with E-state index in [9.17, 15) is 14.4 Å². The molecule has 0 spiro atoms. The molecule has 1 saturated carbocycles. The average molecular weight is 506 g/mol. The number of anilines is 3. The second-order valence-corrected chi connectivity index (χ2v) is 11.1. The highest BCUT2D eigenvalue weighted by molar-refractivity contribution is 6.02. The van der Waals surface area contributed by atoms with Crippen molar-refractivity contribution in [1.29, 1.82) is 0 Å². The number of para-hydroxylation sites is 1. The topological polar surface area (TPSA) is 93.8 Å². The number of hydrogen-bond acceptors (Lipinski definition) is 5. The van der Waals surface area contributed by atoms with Gasteiger partial charge in [0.2, 0.25) is 5.91 Å². The van der Waals surface area contributed by atoms with Gasteiger partial charge < -0.3 is 10.6 Å². The summed E-state index contributed by atoms with van der Waals surface area (Å²) in [6.45, 7) is 5.34. The van der Waals surface area contributed by atoms with Crippen molar-refractivity contribution in [1.82, 2.24) is 10.4 Å². The van der Waals surface area contributed by atoms with Gasteiger partial charge in [-0.1, -0.05) is 64.3 Å². The van der Waals surface area contributed by atoms with Crippen molar-refractivity contribution in [2.24, 2.45) is 11.3 Å². The molecule has 2 aliphatic rings. The van der Waals surface area contributed by atoms with Gasteiger partial charge in [-0.2, -0.15) is 0 Å². The summed E-state index contributed by atoms with van der Waals surface area (Å²) in [6.07, 6.45) is 5.62. The van der Waals surface area contributed by atoms with Crippen LogP contribution in [-0.2, 0) is 9.59 Å². The van der Waals surface area contributed by atoms with Crippen LogP contribution in [0.25, 0.3) is 0 Å². The average Bonchev–Trinajstić information content (AvgIpc) is 2.99. The molecule has 0 saturated heterocycles. The van der Waals surface area contributed by atoms with E-state index in [4.69, 9.17) is 0 Å². The predicted molar refractivity (Wildman–Crippen MR) is 147 cm³/mol. The molecule has 8 heteroatoms. The minimum absolute atomic E-state index is 0.0416. The summed E-state index contributed by atoms with van der Waals surface area (Å²) in [6, 6.07) is 14.7. The molecule has 198 valence electrons. The van der Waals surface area contributed by atoms with Crippen LogP contribution in [0, 0.1) is 11.3 Å². The van der Waals surface area contributed by atoms with Gasteiger partial charge in [0, 0.05) is 23.8 Å². The van der Waals surface area contributed by atoms with Crippen LogP contribution < -0.4 is 21.0 Å². The zero-order chi connectivity index (χ0) is 26.6. The molecule has 8 nitrogen and oxygen atoms in total. The molecule has 3 N–H and O–H groups in total. The summed E-state index contributed by atoms with van der Waals surface area (Å²) >= 11 is 0. The number of carbonyl (C=O) groups excluding carboxylic acids is 3. The third kappa shape index (κ3) is 6.31. The minimum Gasteiger partial charge on any atom is -0.388 e. The van der Waals surface area contributed by atoms with Crippen molar-refractivity contribution in [3.05, 3.63) is 54.1 Å². The Morgan fingerprint density at radius 3 is 2.38 bits per heavy atom. The van der Waals surface area contributed by atoms with E-state index in [1.54, 1.807) is 0 Å². The predicted octanol–water partition coefficient (Wildman–Crippen LogP) is 5.35. The first-order chi connectivity index (χ1) is 17.7. The fourth-order valence-corrected chi connectivity index (χ4v) is 5.11. The number of rotatable bonds is 7. The van der Waals surface area contributed by atoms with Gasteiger partial charge in [0.25, 0.3) is 0 Å². The number of ketones is 1. The lowest BCUT2D eigenvalue weighted by Gasteiger charge is -2.33. The van der Waals surface area contributed by atoms with E-state index in [0.29, 0.717) is 11.6 Å². The van der Waals surface area contributed by atoms with Crippen molar-refractivity contribution in [2.75, 3.05) is 35.7 Å². The molecule has 1 unspecified atom stereocenters. The number of Topliss-reactive ketones (excluding diaryl/α,β-unsaturated/α-hetero) is 1. The maximum absolute atomic E-state index is 13.9. The molecule has 4 rings (SSSR count). The zero-order valence-corrected chi connectivity index (χ0v) is 22.3. The van der Waals surface area contributed by atoms with Crippen molar-refractivity contribution >= 4 is 34.8 Å². The Hall–Kier alpha value is -3.39. The van der Waals surface area contributed by atoms with Gasteiger partial charge in [-0.05, 0) is 48.6 Å². The third-order valence-electron chi connectivity index (χ3n) is 7.32. The summed E-state index contributed by atoms with van der Waals surface area (Å²) in [5.41, 5.74) is 6.08. The van der Waals surface area contributed by atoms with Gasteiger partial charge >= 0.3 is 6.03 Å². The lowest BCUT2D eigenvalue weighted by Crippen LogP contribution is -2.54. The van der Waals surface area contributed by atoms with E-state index in [1.807, 2.05) is 76.3 Å². The number of hydrazine groups is 1. The van der Waals surface area contributed by atoms with Gasteiger partial charge in [-0.3, -0.25) is 14.5 Å². The molecule has 2 aromatic rings. The number of urea groups is 1. The maximum atomic E-state index is 13.9. The van der Waals surface area contributed by atoms with E-state index in [2.05, 4.69) is 16.1 Å². The van der Waals surface area contributed by atoms with Crippen molar-refractivity contribution in [2.45, 2.75) is 58.9 Å². The molecule has 1 aliphatic heterocycles. The Morgan fingerprint density at radius 1 is 0.973 bits per heavy atom. The molecular formula is C29H39N5O3. The van der Waals surface area contributed by atoms with Crippen molar-refractivity contribution < 1.29 is 14.4 Å². The third-order valence-corrected chi connectivity index (χ3v) is 7.32. The summed E-state index contributed by atoms with van der Waals surface area (Å²) in [4.78, 5) is 41.7. The van der Waals surface area contributed by atoms with E-state index in [-0.39, 0.29) is 30.8 Å². The van der Waals surface area contributed by atoms with Gasteiger partial charge in [0.1, 0.15) is 6.54 Å². The Labute approximate surface area is 219 Å². The first-order valence-corrected chi connectivity index (χ1v) is 13.2. The summed E-state index contributed by atoms with van der Waals surface area (Å²) < 4.78 is 0. The smallest absolute Gasteiger partial charge is 0.339 e. The highest BCUT2D eigenvalue weighted by Gasteiger charge is 2.39. The second kappa shape index (κ2) is 11.3. The zero-order valence-electron chi connectivity index (χ0n) is 22.3. The van der Waals surface area contributed by atoms with Gasteiger partial charge in [0.05, 0.1) is 18.3 Å². The highest BCUT2D eigenvalue weighted by atomic mass is 16.2. The Kier molecular flexibility index (Phi) is 8.17. The summed E-state index contributed by atoms with van der Waals surface area (Å²) in [5.74, 6) is -0.0246. The lowest BCUT2D eigenvalue weighted by atomic mass is 9.81. The highest BCUT2D eigenvalue weighted by Crippen LogP contribution is 2.40. The number of amides is 3. The van der Waals surface area contributed by atoms with Crippen LogP contribution in [0.4, 0.5) is 21.9 Å². The van der Waals surface area contributed by atoms with E-state index in [0.717, 1.165) is 42.6 Å². The fourth-order valence-electron chi connectivity index (χ4n) is 5.11. The first kappa shape index (κ1) is 26.7. The molecule has 0 bridgehead atoms. The number of hydrogen-bond donors (Lipinski definition) is 3. The Bertz CT molecular complexity index is 1140. The van der Waals surface area contributed by atoms with Crippen LogP contribution in [0.1, 0.15) is 64.5 Å². The fraction of sp³-hybridized carbons (Fsp3) is 0.483. The van der Waals surface area contributed by atoms with E-state index < -0.39 is 11.4 Å². The van der Waals surface area contributed by atoms with Gasteiger partial charge in [-0.25, -0.2) is 15.2 Å². The van der Waals surface area contributed by atoms with E-state index >= 15 is 0 Å². The summed E-state index contributed by atoms with van der Waals surface area (Å²) in [7, 11) is 1.82. The van der Waals surface area contributed by atoms with Gasteiger partial charge in [-0.15, -0.1) is 0 Å². The number of benzene rings is 2. The van der Waals surface area contributed by atoms with Crippen molar-refractivity contribution in [3.8, 4) is 0 Å². The Balaban J connectivity index is 1.66. The Morgan fingerprint density at radius 2 is 1.68 bits per heavy atom. The van der Waals surface area contributed by atoms with Crippen LogP contribution in [-0.4, -0.2) is 42.9 Å². The van der Waals surface area contributed by atoms with E-state index in [1.165, 1.54) is 16.3 Å². The quantitative estimate of drug-likeness (QED) is 0.472. The molecule has 2 aromatic carbocycles. The normalized spacial score (nSPS) is 18.7. The van der Waals surface area contributed by atoms with Crippen LogP contribution >= 0.6 is 0 Å². The first-order valence-electron chi connectivity index (χ1n) is 13.2. The van der Waals surface area contributed by atoms with Crippen LogP contribution in [0.3, 0.4) is 0 Å². The standard InChI is InChI=1S/C29H39N5O3/c1-29(2,3)25(35)18-33-24-16-9-8-15-23(24)27(20-11-6-5-7-12-20)32-34(28(33)37)19-26(36)31-22-14-10-13-21(17-22)30-4/h8-10,13-17,20,27,30,32H,5-7,11-12,18-19H2,1-4H3,(H,31,36). The van der Waals surface area contributed by atoms with Gasteiger partial charge in [0.15, 0.2) is 5.78 Å². The SMILES string of the molecule is CNc1cccc(NC(=O)CN2NC(C3CCCCC3)c3ccccc3N(CC(=O)C(C)(C)C)C2=O)c1. The monoisotopic (exact) mass is 505 g/mol. The van der Waals surface area contributed by atoms with Crippen molar-refractivity contribution in [3.63, 3.8) is 0 Å². The largest absolute Gasteiger partial charge is 0.388 e. The molecule has 3 amide bonds. The second-order valence-electron chi connectivity index (χ2n) is 11.1. The van der Waals surface area contributed by atoms with Crippen LogP contribution in [0.15, 0.2) is 48.5 Å². The number of fused-ring (bicyclic) bond motifs is 1. The molecule has 37 heavy (non-hydrogen) atoms. The number of carbonyl (C=O) groups is 3. The molecule has 1 fully saturated rings. The molecule has 1 heterocycles. The summed E-state index contributed by atoms with van der Waals surface area (Å²) in [5, 5.41) is 7.36. The number of nitrogens with zero attached hydrogens (tertiary/aromatic N) is 2. The van der Waals surface area contributed by atoms with Crippen LogP contribution in [0.5, 0.6) is 0 Å². The molecule has 0 aromatic heterocycles. The lowest BCUT2D eigenvalue weighted by molar-refractivity contribution is -0.124. The molecule has 1 aliphatic carbocycles. The van der Waals surface area contributed by atoms with Crippen LogP contribution in [0.2, 0.25) is 0 Å². The molecule has 0 radical (unpaired) electrons. The number of nitrogens with one attached hydrogen (secondary N) is 3. The minimum atomic E-state index is -0.599. The molecular weight excluding hydrogens is 466 g/mol. The molecule has 1 atom stereocenters.